The SMILES string of the molecule is CCCN(CC(=O)Nc1ccc(C)c(N)c1)C(C)C. The topological polar surface area (TPSA) is 58.4 Å². The average molecular weight is 263 g/mol. The highest BCUT2D eigenvalue weighted by Crippen LogP contribution is 2.16. The van der Waals surface area contributed by atoms with E-state index >= 15 is 0 Å². The van der Waals surface area contributed by atoms with Crippen molar-refractivity contribution in [3.8, 4) is 0 Å². The molecule has 0 atom stereocenters. The number of rotatable bonds is 6. The summed E-state index contributed by atoms with van der Waals surface area (Å²) in [6.07, 6.45) is 1.04. The van der Waals surface area contributed by atoms with Crippen LogP contribution >= 0.6 is 0 Å². The van der Waals surface area contributed by atoms with E-state index in [1.165, 1.54) is 0 Å². The number of aryl methyl sites for hydroxylation is 1. The first-order valence-corrected chi connectivity index (χ1v) is 6.84. The maximum Gasteiger partial charge on any atom is 0.238 e. The Bertz CT molecular complexity index is 429. The summed E-state index contributed by atoms with van der Waals surface area (Å²) in [6.45, 7) is 9.62. The summed E-state index contributed by atoms with van der Waals surface area (Å²) in [7, 11) is 0. The van der Waals surface area contributed by atoms with Gasteiger partial charge < -0.3 is 11.1 Å². The molecule has 3 N–H and O–H groups in total. The molecule has 0 aliphatic rings. The predicted octanol–water partition coefficient (Wildman–Crippen LogP) is 2.64. The lowest BCUT2D eigenvalue weighted by Gasteiger charge is -2.25. The highest BCUT2D eigenvalue weighted by molar-refractivity contribution is 5.92. The summed E-state index contributed by atoms with van der Waals surface area (Å²) in [6, 6.07) is 5.96. The summed E-state index contributed by atoms with van der Waals surface area (Å²) >= 11 is 0. The van der Waals surface area contributed by atoms with Crippen molar-refractivity contribution in [2.45, 2.75) is 40.2 Å². The van der Waals surface area contributed by atoms with Crippen molar-refractivity contribution in [3.05, 3.63) is 23.8 Å². The molecule has 0 saturated heterocycles. The van der Waals surface area contributed by atoms with Crippen LogP contribution < -0.4 is 11.1 Å². The third-order valence-electron chi connectivity index (χ3n) is 3.15. The molecule has 0 saturated carbocycles. The molecule has 4 heteroatoms. The number of nitrogen functional groups attached to an aromatic ring is 1. The minimum atomic E-state index is 0.00500. The summed E-state index contributed by atoms with van der Waals surface area (Å²) in [5, 5.41) is 2.89. The second-order valence-electron chi connectivity index (χ2n) is 5.18. The van der Waals surface area contributed by atoms with Crippen LogP contribution in [0.25, 0.3) is 0 Å². The van der Waals surface area contributed by atoms with Crippen LogP contribution in [0, 0.1) is 6.92 Å². The Kier molecular flexibility index (Phi) is 5.83. The van der Waals surface area contributed by atoms with E-state index in [1.54, 1.807) is 6.07 Å². The van der Waals surface area contributed by atoms with Gasteiger partial charge in [0.1, 0.15) is 0 Å². The molecule has 0 heterocycles. The summed E-state index contributed by atoms with van der Waals surface area (Å²) in [4.78, 5) is 14.2. The van der Waals surface area contributed by atoms with Crippen LogP contribution in [0.15, 0.2) is 18.2 Å². The molecule has 0 aromatic heterocycles. The van der Waals surface area contributed by atoms with Crippen molar-refractivity contribution in [1.82, 2.24) is 4.90 Å². The first kappa shape index (κ1) is 15.5. The van der Waals surface area contributed by atoms with E-state index in [0.717, 1.165) is 24.2 Å². The zero-order chi connectivity index (χ0) is 14.4. The number of nitrogens with two attached hydrogens (primary N) is 1. The molecule has 0 aliphatic carbocycles. The Balaban J connectivity index is 2.61. The van der Waals surface area contributed by atoms with Crippen molar-refractivity contribution in [2.75, 3.05) is 24.1 Å². The molecule has 19 heavy (non-hydrogen) atoms. The van der Waals surface area contributed by atoms with Gasteiger partial charge in [-0.15, -0.1) is 0 Å². The largest absolute Gasteiger partial charge is 0.398 e. The van der Waals surface area contributed by atoms with Crippen LogP contribution in [0.4, 0.5) is 11.4 Å². The fourth-order valence-electron chi connectivity index (χ4n) is 1.91. The highest BCUT2D eigenvalue weighted by atomic mass is 16.2. The first-order valence-electron chi connectivity index (χ1n) is 6.84. The minimum Gasteiger partial charge on any atom is -0.398 e. The zero-order valence-corrected chi connectivity index (χ0v) is 12.4. The number of carbonyl (C=O) groups is 1. The van der Waals surface area contributed by atoms with Gasteiger partial charge in [0.05, 0.1) is 6.54 Å². The third kappa shape index (κ3) is 4.91. The van der Waals surface area contributed by atoms with E-state index in [2.05, 4.69) is 31.0 Å². The molecule has 1 aromatic carbocycles. The summed E-state index contributed by atoms with van der Waals surface area (Å²) < 4.78 is 0. The highest BCUT2D eigenvalue weighted by Gasteiger charge is 2.13. The number of anilines is 2. The van der Waals surface area contributed by atoms with E-state index in [9.17, 15) is 4.79 Å². The van der Waals surface area contributed by atoms with Gasteiger partial charge >= 0.3 is 0 Å². The van der Waals surface area contributed by atoms with Gasteiger partial charge in [0.25, 0.3) is 0 Å². The van der Waals surface area contributed by atoms with Gasteiger partial charge in [-0.05, 0) is 51.4 Å². The van der Waals surface area contributed by atoms with Gasteiger partial charge in [-0.25, -0.2) is 0 Å². The fourth-order valence-corrected chi connectivity index (χ4v) is 1.91. The Hall–Kier alpha value is -1.55. The molecule has 4 nitrogen and oxygen atoms in total. The summed E-state index contributed by atoms with van der Waals surface area (Å²) in [5.74, 6) is 0.00500. The van der Waals surface area contributed by atoms with Gasteiger partial charge in [0.15, 0.2) is 0 Å². The number of amides is 1. The molecular formula is C15H25N3O. The van der Waals surface area contributed by atoms with Gasteiger partial charge in [0.2, 0.25) is 5.91 Å². The van der Waals surface area contributed by atoms with Crippen molar-refractivity contribution >= 4 is 17.3 Å². The Labute approximate surface area is 116 Å². The van der Waals surface area contributed by atoms with Crippen LogP contribution in [0.3, 0.4) is 0 Å². The van der Waals surface area contributed by atoms with Crippen LogP contribution in [-0.2, 0) is 4.79 Å². The van der Waals surface area contributed by atoms with Crippen LogP contribution in [0.1, 0.15) is 32.8 Å². The Morgan fingerprint density at radius 3 is 2.63 bits per heavy atom. The molecule has 106 valence electrons. The normalized spacial score (nSPS) is 11.1. The predicted molar refractivity (Wildman–Crippen MR) is 81.2 cm³/mol. The third-order valence-corrected chi connectivity index (χ3v) is 3.15. The second kappa shape index (κ2) is 7.14. The number of nitrogens with one attached hydrogen (secondary N) is 1. The molecule has 0 fully saturated rings. The standard InChI is InChI=1S/C15H25N3O/c1-5-8-18(11(2)3)10-15(19)17-13-7-6-12(4)14(16)9-13/h6-7,9,11H,5,8,10,16H2,1-4H3,(H,17,19). The Morgan fingerprint density at radius 2 is 2.11 bits per heavy atom. The lowest BCUT2D eigenvalue weighted by Crippen LogP contribution is -2.38. The second-order valence-corrected chi connectivity index (χ2v) is 5.18. The Morgan fingerprint density at radius 1 is 1.42 bits per heavy atom. The molecule has 1 rings (SSSR count). The lowest BCUT2D eigenvalue weighted by molar-refractivity contribution is -0.117. The molecular weight excluding hydrogens is 238 g/mol. The number of nitrogens with zero attached hydrogens (tertiary/aromatic N) is 1. The van der Waals surface area contributed by atoms with E-state index in [-0.39, 0.29) is 5.91 Å². The first-order chi connectivity index (χ1) is 8.93. The number of benzene rings is 1. The lowest BCUT2D eigenvalue weighted by atomic mass is 10.2. The maximum absolute atomic E-state index is 12.0. The van der Waals surface area contributed by atoms with Gasteiger partial charge in [0, 0.05) is 17.4 Å². The number of carbonyl (C=O) groups excluding carboxylic acids is 1. The molecule has 1 amide bonds. The smallest absolute Gasteiger partial charge is 0.238 e. The van der Waals surface area contributed by atoms with Crippen molar-refractivity contribution < 1.29 is 4.79 Å². The number of hydrogen-bond acceptors (Lipinski definition) is 3. The number of hydrogen-bond donors (Lipinski definition) is 2. The van der Waals surface area contributed by atoms with E-state index in [0.29, 0.717) is 18.3 Å². The van der Waals surface area contributed by atoms with Crippen molar-refractivity contribution in [2.24, 2.45) is 0 Å². The minimum absolute atomic E-state index is 0.00500. The molecule has 1 aromatic rings. The zero-order valence-electron chi connectivity index (χ0n) is 12.4. The van der Waals surface area contributed by atoms with E-state index in [1.807, 2.05) is 19.1 Å². The molecule has 0 bridgehead atoms. The van der Waals surface area contributed by atoms with Crippen LogP contribution in [0.2, 0.25) is 0 Å². The molecule has 0 aliphatic heterocycles. The van der Waals surface area contributed by atoms with Gasteiger partial charge in [-0.2, -0.15) is 0 Å². The summed E-state index contributed by atoms with van der Waals surface area (Å²) in [5.41, 5.74) is 8.31. The van der Waals surface area contributed by atoms with Gasteiger partial charge in [-0.1, -0.05) is 13.0 Å². The van der Waals surface area contributed by atoms with Crippen LogP contribution in [-0.4, -0.2) is 29.9 Å². The van der Waals surface area contributed by atoms with Crippen molar-refractivity contribution in [3.63, 3.8) is 0 Å². The monoisotopic (exact) mass is 263 g/mol. The maximum atomic E-state index is 12.0. The van der Waals surface area contributed by atoms with Crippen molar-refractivity contribution in [1.29, 1.82) is 0 Å². The van der Waals surface area contributed by atoms with E-state index < -0.39 is 0 Å². The molecule has 0 spiro atoms. The molecule has 0 radical (unpaired) electrons. The average Bonchev–Trinajstić information content (AvgIpc) is 2.33. The fraction of sp³-hybridized carbons (Fsp3) is 0.533. The van der Waals surface area contributed by atoms with Crippen LogP contribution in [0.5, 0.6) is 0 Å². The molecule has 0 unspecified atom stereocenters. The van der Waals surface area contributed by atoms with E-state index in [4.69, 9.17) is 5.73 Å². The van der Waals surface area contributed by atoms with Gasteiger partial charge in [-0.3, -0.25) is 9.69 Å². The quantitative estimate of drug-likeness (QED) is 0.776.